The minimum absolute atomic E-state index is 0.0664. The van der Waals surface area contributed by atoms with Gasteiger partial charge in [0.15, 0.2) is 5.65 Å². The Balaban J connectivity index is 1.59. The largest absolute Gasteiger partial charge is 0.323 e. The molecule has 0 spiro atoms. The molecule has 4 rings (SSSR count). The molecule has 0 radical (unpaired) electrons. The van der Waals surface area contributed by atoms with E-state index in [-0.39, 0.29) is 18.0 Å². The third-order valence-corrected chi connectivity index (χ3v) is 3.91. The standard InChI is InChI=1S/C18H14N6O2/c25-16(10-24-17-14(8-22-24)18(26)21-11-20-17)23-15-9-19-7-6-13(15)12-4-2-1-3-5-12/h1-9,11H,10H2,(H,23,25)(H,20,21,26). The van der Waals surface area contributed by atoms with Gasteiger partial charge in [0.25, 0.3) is 5.56 Å². The van der Waals surface area contributed by atoms with Crippen molar-refractivity contribution >= 4 is 22.6 Å². The van der Waals surface area contributed by atoms with E-state index in [0.717, 1.165) is 11.1 Å². The molecule has 3 aromatic heterocycles. The number of aromatic nitrogens is 5. The van der Waals surface area contributed by atoms with Gasteiger partial charge in [0.1, 0.15) is 11.9 Å². The smallest absolute Gasteiger partial charge is 0.261 e. The van der Waals surface area contributed by atoms with Crippen molar-refractivity contribution in [1.82, 2.24) is 24.7 Å². The van der Waals surface area contributed by atoms with E-state index >= 15 is 0 Å². The summed E-state index contributed by atoms with van der Waals surface area (Å²) in [6.07, 6.45) is 5.96. The van der Waals surface area contributed by atoms with Crippen molar-refractivity contribution < 1.29 is 4.79 Å². The number of rotatable bonds is 4. The molecular formula is C18H14N6O2. The Kier molecular flexibility index (Phi) is 3.98. The first-order valence-corrected chi connectivity index (χ1v) is 7.91. The Morgan fingerprint density at radius 1 is 1.15 bits per heavy atom. The SMILES string of the molecule is O=C(Cn1ncc2c(=O)[nH]cnc21)Nc1cnccc1-c1ccccc1. The lowest BCUT2D eigenvalue weighted by Crippen LogP contribution is -2.20. The summed E-state index contributed by atoms with van der Waals surface area (Å²) in [7, 11) is 0. The second-order valence-corrected chi connectivity index (χ2v) is 5.61. The summed E-state index contributed by atoms with van der Waals surface area (Å²) >= 11 is 0. The monoisotopic (exact) mass is 346 g/mol. The molecule has 0 bridgehead atoms. The van der Waals surface area contributed by atoms with Gasteiger partial charge in [-0.15, -0.1) is 0 Å². The predicted molar refractivity (Wildman–Crippen MR) is 96.5 cm³/mol. The van der Waals surface area contributed by atoms with Crippen LogP contribution in [0.25, 0.3) is 22.2 Å². The number of nitrogens with one attached hydrogen (secondary N) is 2. The van der Waals surface area contributed by atoms with Crippen molar-refractivity contribution in [2.24, 2.45) is 0 Å². The second-order valence-electron chi connectivity index (χ2n) is 5.61. The fourth-order valence-corrected chi connectivity index (χ4v) is 2.71. The summed E-state index contributed by atoms with van der Waals surface area (Å²) in [5.74, 6) is -0.290. The van der Waals surface area contributed by atoms with Crippen molar-refractivity contribution in [3.63, 3.8) is 0 Å². The van der Waals surface area contributed by atoms with Crippen molar-refractivity contribution in [3.8, 4) is 11.1 Å². The molecule has 128 valence electrons. The maximum absolute atomic E-state index is 12.5. The van der Waals surface area contributed by atoms with Crippen LogP contribution in [0, 0.1) is 0 Å². The molecule has 26 heavy (non-hydrogen) atoms. The average molecular weight is 346 g/mol. The van der Waals surface area contributed by atoms with E-state index in [0.29, 0.717) is 16.7 Å². The zero-order valence-corrected chi connectivity index (χ0v) is 13.6. The fraction of sp³-hybridized carbons (Fsp3) is 0.0556. The molecule has 0 unspecified atom stereocenters. The number of carbonyl (C=O) groups is 1. The Morgan fingerprint density at radius 2 is 2.00 bits per heavy atom. The van der Waals surface area contributed by atoms with E-state index < -0.39 is 0 Å². The number of fused-ring (bicyclic) bond motifs is 1. The minimum atomic E-state index is -0.291. The third-order valence-electron chi connectivity index (χ3n) is 3.91. The number of anilines is 1. The summed E-state index contributed by atoms with van der Waals surface area (Å²) in [5.41, 5.74) is 2.52. The molecule has 1 aromatic carbocycles. The number of amides is 1. The first-order valence-electron chi connectivity index (χ1n) is 7.91. The molecule has 4 aromatic rings. The van der Waals surface area contributed by atoms with E-state index in [4.69, 9.17) is 0 Å². The normalized spacial score (nSPS) is 10.8. The third kappa shape index (κ3) is 2.95. The highest BCUT2D eigenvalue weighted by molar-refractivity contribution is 5.95. The average Bonchev–Trinajstić information content (AvgIpc) is 3.07. The number of carbonyl (C=O) groups excluding carboxylic acids is 1. The lowest BCUT2D eigenvalue weighted by Gasteiger charge is -2.11. The van der Waals surface area contributed by atoms with Gasteiger partial charge in [0.2, 0.25) is 5.91 Å². The van der Waals surface area contributed by atoms with Gasteiger partial charge in [-0.1, -0.05) is 30.3 Å². The lowest BCUT2D eigenvalue weighted by atomic mass is 10.1. The number of hydrogen-bond acceptors (Lipinski definition) is 5. The van der Waals surface area contributed by atoms with E-state index in [2.05, 4.69) is 25.4 Å². The van der Waals surface area contributed by atoms with Crippen LogP contribution in [-0.4, -0.2) is 30.6 Å². The Hall–Kier alpha value is -3.81. The summed E-state index contributed by atoms with van der Waals surface area (Å²) in [5, 5.41) is 7.27. The molecule has 0 saturated heterocycles. The fourth-order valence-electron chi connectivity index (χ4n) is 2.71. The van der Waals surface area contributed by atoms with Gasteiger partial charge in [0.05, 0.1) is 24.4 Å². The summed E-state index contributed by atoms with van der Waals surface area (Å²) in [6, 6.07) is 11.6. The summed E-state index contributed by atoms with van der Waals surface area (Å²) < 4.78 is 1.39. The van der Waals surface area contributed by atoms with Crippen LogP contribution in [-0.2, 0) is 11.3 Å². The number of hydrogen-bond donors (Lipinski definition) is 2. The molecule has 0 fully saturated rings. The molecule has 0 aliphatic rings. The molecule has 0 aliphatic carbocycles. The van der Waals surface area contributed by atoms with Gasteiger partial charge in [-0.25, -0.2) is 9.67 Å². The van der Waals surface area contributed by atoms with Crippen LogP contribution >= 0.6 is 0 Å². The molecule has 0 atom stereocenters. The van der Waals surface area contributed by atoms with Crippen LogP contribution < -0.4 is 10.9 Å². The van der Waals surface area contributed by atoms with E-state index in [9.17, 15) is 9.59 Å². The zero-order chi connectivity index (χ0) is 17.9. The van der Waals surface area contributed by atoms with Gasteiger partial charge in [0, 0.05) is 11.8 Å². The molecule has 1 amide bonds. The van der Waals surface area contributed by atoms with Crippen LogP contribution in [0.1, 0.15) is 0 Å². The van der Waals surface area contributed by atoms with Crippen molar-refractivity contribution in [3.05, 3.63) is 71.7 Å². The van der Waals surface area contributed by atoms with Crippen LogP contribution in [0.5, 0.6) is 0 Å². The van der Waals surface area contributed by atoms with E-state index in [1.165, 1.54) is 17.2 Å². The molecule has 3 heterocycles. The molecular weight excluding hydrogens is 332 g/mol. The highest BCUT2D eigenvalue weighted by Gasteiger charge is 2.13. The van der Waals surface area contributed by atoms with Gasteiger partial charge in [-0.2, -0.15) is 5.10 Å². The van der Waals surface area contributed by atoms with E-state index in [1.807, 2.05) is 36.4 Å². The van der Waals surface area contributed by atoms with Crippen LogP contribution in [0.3, 0.4) is 0 Å². The van der Waals surface area contributed by atoms with Crippen LogP contribution in [0.4, 0.5) is 5.69 Å². The Bertz CT molecular complexity index is 1130. The molecule has 2 N–H and O–H groups in total. The van der Waals surface area contributed by atoms with Crippen LogP contribution in [0.2, 0.25) is 0 Å². The lowest BCUT2D eigenvalue weighted by molar-refractivity contribution is -0.116. The number of H-pyrrole nitrogens is 1. The first kappa shape index (κ1) is 15.7. The van der Waals surface area contributed by atoms with Crippen molar-refractivity contribution in [1.29, 1.82) is 0 Å². The summed E-state index contributed by atoms with van der Waals surface area (Å²) in [4.78, 5) is 34.8. The minimum Gasteiger partial charge on any atom is -0.323 e. The van der Waals surface area contributed by atoms with Gasteiger partial charge < -0.3 is 10.3 Å². The molecule has 8 heteroatoms. The van der Waals surface area contributed by atoms with E-state index in [1.54, 1.807) is 12.4 Å². The summed E-state index contributed by atoms with van der Waals surface area (Å²) in [6.45, 7) is -0.0664. The molecule has 0 aliphatic heterocycles. The Morgan fingerprint density at radius 3 is 2.85 bits per heavy atom. The van der Waals surface area contributed by atoms with Crippen LogP contribution in [0.15, 0.2) is 66.1 Å². The highest BCUT2D eigenvalue weighted by Crippen LogP contribution is 2.26. The number of pyridine rings is 1. The second kappa shape index (κ2) is 6.60. The quantitative estimate of drug-likeness (QED) is 0.586. The molecule has 8 nitrogen and oxygen atoms in total. The predicted octanol–water partition coefficient (Wildman–Crippen LogP) is 1.82. The van der Waals surface area contributed by atoms with Gasteiger partial charge in [-0.3, -0.25) is 14.6 Å². The topological polar surface area (TPSA) is 106 Å². The number of aromatic amines is 1. The van der Waals surface area contributed by atoms with Gasteiger partial charge >= 0.3 is 0 Å². The number of benzene rings is 1. The van der Waals surface area contributed by atoms with Crippen molar-refractivity contribution in [2.45, 2.75) is 6.54 Å². The number of nitrogens with zero attached hydrogens (tertiary/aromatic N) is 4. The maximum Gasteiger partial charge on any atom is 0.261 e. The van der Waals surface area contributed by atoms with Crippen molar-refractivity contribution in [2.75, 3.05) is 5.32 Å². The molecule has 0 saturated carbocycles. The highest BCUT2D eigenvalue weighted by atomic mass is 16.2. The zero-order valence-electron chi connectivity index (χ0n) is 13.6. The Labute approximate surface area is 147 Å². The first-order chi connectivity index (χ1) is 12.7. The van der Waals surface area contributed by atoms with Gasteiger partial charge in [-0.05, 0) is 11.6 Å². The maximum atomic E-state index is 12.5.